The lowest BCUT2D eigenvalue weighted by molar-refractivity contribution is 0.249. The summed E-state index contributed by atoms with van der Waals surface area (Å²) >= 11 is 0. The molecule has 2 aromatic rings. The van der Waals surface area contributed by atoms with Crippen molar-refractivity contribution in [3.63, 3.8) is 0 Å². The van der Waals surface area contributed by atoms with E-state index in [1.807, 2.05) is 32.0 Å². The van der Waals surface area contributed by atoms with Crippen molar-refractivity contribution in [2.75, 3.05) is 5.32 Å². The first-order valence-electron chi connectivity index (χ1n) is 6.96. The van der Waals surface area contributed by atoms with Gasteiger partial charge in [0, 0.05) is 5.69 Å². The average molecular weight is 304 g/mol. The van der Waals surface area contributed by atoms with Crippen LogP contribution in [0.15, 0.2) is 36.4 Å². The molecule has 0 spiro atoms. The standard InChI is InChI=1S/C17H18F2N2O/c1-10-4-7-16(11(2)8-10)21-17(22)20-12(3)13-5-6-14(18)15(19)9-13/h4-9,12H,1-3H3,(H2,20,21,22)/t12-/m1/s1. The van der Waals surface area contributed by atoms with Gasteiger partial charge in [-0.25, -0.2) is 13.6 Å². The lowest BCUT2D eigenvalue weighted by atomic mass is 10.1. The van der Waals surface area contributed by atoms with Crippen molar-refractivity contribution in [2.45, 2.75) is 26.8 Å². The molecule has 0 radical (unpaired) electrons. The molecule has 2 amide bonds. The van der Waals surface area contributed by atoms with E-state index in [4.69, 9.17) is 0 Å². The van der Waals surface area contributed by atoms with E-state index >= 15 is 0 Å². The van der Waals surface area contributed by atoms with Crippen LogP contribution in [0.5, 0.6) is 0 Å². The molecule has 0 heterocycles. The molecule has 0 bridgehead atoms. The largest absolute Gasteiger partial charge is 0.331 e. The number of hydrogen-bond donors (Lipinski definition) is 2. The second-order valence-corrected chi connectivity index (χ2v) is 5.31. The highest BCUT2D eigenvalue weighted by molar-refractivity contribution is 5.90. The van der Waals surface area contributed by atoms with E-state index in [0.717, 1.165) is 23.3 Å². The molecule has 5 heteroatoms. The first kappa shape index (κ1) is 15.9. The number of hydrogen-bond acceptors (Lipinski definition) is 1. The van der Waals surface area contributed by atoms with Crippen molar-refractivity contribution in [2.24, 2.45) is 0 Å². The molecule has 0 aromatic heterocycles. The predicted molar refractivity (Wildman–Crippen MR) is 82.8 cm³/mol. The summed E-state index contributed by atoms with van der Waals surface area (Å²) in [6.45, 7) is 5.58. The van der Waals surface area contributed by atoms with E-state index in [2.05, 4.69) is 10.6 Å². The maximum absolute atomic E-state index is 13.2. The van der Waals surface area contributed by atoms with E-state index in [1.54, 1.807) is 6.92 Å². The van der Waals surface area contributed by atoms with Gasteiger partial charge in [-0.15, -0.1) is 0 Å². The number of carbonyl (C=O) groups is 1. The predicted octanol–water partition coefficient (Wildman–Crippen LogP) is 4.46. The smallest absolute Gasteiger partial charge is 0.319 e. The SMILES string of the molecule is Cc1ccc(NC(=O)N[C@H](C)c2ccc(F)c(F)c2)c(C)c1. The molecule has 0 aliphatic carbocycles. The van der Waals surface area contributed by atoms with Gasteiger partial charge in [0.1, 0.15) is 0 Å². The third-order valence-corrected chi connectivity index (χ3v) is 3.42. The van der Waals surface area contributed by atoms with Crippen LogP contribution >= 0.6 is 0 Å². The van der Waals surface area contributed by atoms with Gasteiger partial charge in [-0.1, -0.05) is 23.8 Å². The Hall–Kier alpha value is -2.43. The van der Waals surface area contributed by atoms with Crippen LogP contribution in [0.1, 0.15) is 29.7 Å². The van der Waals surface area contributed by atoms with Crippen molar-refractivity contribution in [3.8, 4) is 0 Å². The molecule has 2 aromatic carbocycles. The Bertz CT molecular complexity index is 701. The number of urea groups is 1. The number of anilines is 1. The summed E-state index contributed by atoms with van der Waals surface area (Å²) in [7, 11) is 0. The van der Waals surface area contributed by atoms with E-state index in [-0.39, 0.29) is 0 Å². The molecule has 2 rings (SSSR count). The molecular weight excluding hydrogens is 286 g/mol. The van der Waals surface area contributed by atoms with Crippen LogP contribution in [0.3, 0.4) is 0 Å². The number of benzene rings is 2. The Labute approximate surface area is 128 Å². The summed E-state index contributed by atoms with van der Waals surface area (Å²) < 4.78 is 26.1. The molecule has 116 valence electrons. The van der Waals surface area contributed by atoms with Crippen LogP contribution in [0.4, 0.5) is 19.3 Å². The van der Waals surface area contributed by atoms with Gasteiger partial charge in [0.2, 0.25) is 0 Å². The van der Waals surface area contributed by atoms with Crippen LogP contribution in [0.2, 0.25) is 0 Å². The minimum Gasteiger partial charge on any atom is -0.331 e. The lowest BCUT2D eigenvalue weighted by Crippen LogP contribution is -2.31. The van der Waals surface area contributed by atoms with Gasteiger partial charge in [-0.05, 0) is 50.1 Å². The molecule has 0 saturated carbocycles. The second kappa shape index (κ2) is 6.56. The normalized spacial score (nSPS) is 11.9. The zero-order chi connectivity index (χ0) is 16.3. The van der Waals surface area contributed by atoms with Crippen LogP contribution in [-0.4, -0.2) is 6.03 Å². The number of nitrogens with one attached hydrogen (secondary N) is 2. The highest BCUT2D eigenvalue weighted by Crippen LogP contribution is 2.18. The van der Waals surface area contributed by atoms with Crippen LogP contribution in [0, 0.1) is 25.5 Å². The van der Waals surface area contributed by atoms with Crippen LogP contribution in [-0.2, 0) is 0 Å². The maximum Gasteiger partial charge on any atom is 0.319 e. The van der Waals surface area contributed by atoms with Crippen molar-refractivity contribution in [1.82, 2.24) is 5.32 Å². The van der Waals surface area contributed by atoms with Crippen molar-refractivity contribution < 1.29 is 13.6 Å². The Morgan fingerprint density at radius 2 is 1.77 bits per heavy atom. The monoisotopic (exact) mass is 304 g/mol. The van der Waals surface area contributed by atoms with Gasteiger partial charge in [-0.2, -0.15) is 0 Å². The fraction of sp³-hybridized carbons (Fsp3) is 0.235. The summed E-state index contributed by atoms with van der Waals surface area (Å²) in [5.41, 5.74) is 3.27. The molecule has 0 aliphatic rings. The Kier molecular flexibility index (Phi) is 4.75. The lowest BCUT2D eigenvalue weighted by Gasteiger charge is -2.16. The molecule has 0 aliphatic heterocycles. The Morgan fingerprint density at radius 1 is 1.05 bits per heavy atom. The summed E-state index contributed by atoms with van der Waals surface area (Å²) in [6.07, 6.45) is 0. The molecule has 0 saturated heterocycles. The fourth-order valence-electron chi connectivity index (χ4n) is 2.17. The first-order chi connectivity index (χ1) is 10.4. The summed E-state index contributed by atoms with van der Waals surface area (Å²) in [6, 6.07) is 8.43. The van der Waals surface area contributed by atoms with Crippen molar-refractivity contribution in [3.05, 3.63) is 64.7 Å². The number of rotatable bonds is 3. The van der Waals surface area contributed by atoms with Gasteiger partial charge >= 0.3 is 6.03 Å². The fourth-order valence-corrected chi connectivity index (χ4v) is 2.17. The quantitative estimate of drug-likeness (QED) is 0.863. The molecule has 22 heavy (non-hydrogen) atoms. The summed E-state index contributed by atoms with van der Waals surface area (Å²) in [4.78, 5) is 12.0. The number of halogens is 2. The molecule has 0 fully saturated rings. The topological polar surface area (TPSA) is 41.1 Å². The Balaban J connectivity index is 2.03. The van der Waals surface area contributed by atoms with Crippen molar-refractivity contribution >= 4 is 11.7 Å². The maximum atomic E-state index is 13.2. The minimum atomic E-state index is -0.930. The zero-order valence-electron chi connectivity index (χ0n) is 12.7. The van der Waals surface area contributed by atoms with Gasteiger partial charge < -0.3 is 10.6 Å². The van der Waals surface area contributed by atoms with E-state index < -0.39 is 23.7 Å². The molecule has 3 nitrogen and oxygen atoms in total. The summed E-state index contributed by atoms with van der Waals surface area (Å²) in [5.74, 6) is -1.84. The summed E-state index contributed by atoms with van der Waals surface area (Å²) in [5, 5.41) is 5.44. The third kappa shape index (κ3) is 3.81. The molecule has 2 N–H and O–H groups in total. The highest BCUT2D eigenvalue weighted by Gasteiger charge is 2.12. The highest BCUT2D eigenvalue weighted by atomic mass is 19.2. The second-order valence-electron chi connectivity index (χ2n) is 5.31. The van der Waals surface area contributed by atoms with Gasteiger partial charge in [-0.3, -0.25) is 0 Å². The van der Waals surface area contributed by atoms with Crippen LogP contribution in [0.25, 0.3) is 0 Å². The molecule has 0 unspecified atom stereocenters. The van der Waals surface area contributed by atoms with E-state index in [0.29, 0.717) is 11.3 Å². The van der Waals surface area contributed by atoms with E-state index in [9.17, 15) is 13.6 Å². The van der Waals surface area contributed by atoms with Crippen LogP contribution < -0.4 is 10.6 Å². The molecular formula is C17H18F2N2O. The average Bonchev–Trinajstić information content (AvgIpc) is 2.45. The van der Waals surface area contributed by atoms with E-state index in [1.165, 1.54) is 6.07 Å². The molecule has 1 atom stereocenters. The third-order valence-electron chi connectivity index (χ3n) is 3.42. The number of aryl methyl sites for hydroxylation is 2. The van der Waals surface area contributed by atoms with Gasteiger partial charge in [0.25, 0.3) is 0 Å². The van der Waals surface area contributed by atoms with Gasteiger partial charge in [0.15, 0.2) is 11.6 Å². The van der Waals surface area contributed by atoms with Crippen molar-refractivity contribution in [1.29, 1.82) is 0 Å². The minimum absolute atomic E-state index is 0.399. The first-order valence-corrected chi connectivity index (χ1v) is 6.96. The number of amides is 2. The van der Waals surface area contributed by atoms with Gasteiger partial charge in [0.05, 0.1) is 6.04 Å². The Morgan fingerprint density at radius 3 is 2.41 bits per heavy atom. The zero-order valence-corrected chi connectivity index (χ0v) is 12.7. The number of carbonyl (C=O) groups excluding carboxylic acids is 1.